The summed E-state index contributed by atoms with van der Waals surface area (Å²) in [5.74, 6) is 0.915. The predicted molar refractivity (Wildman–Crippen MR) is 78.9 cm³/mol. The van der Waals surface area contributed by atoms with Crippen molar-refractivity contribution in [2.24, 2.45) is 5.73 Å². The Morgan fingerprint density at radius 1 is 1.44 bits per heavy atom. The molecule has 18 heavy (non-hydrogen) atoms. The molecule has 2 N–H and O–H groups in total. The summed E-state index contributed by atoms with van der Waals surface area (Å²) >= 11 is 5.12. The van der Waals surface area contributed by atoms with E-state index >= 15 is 0 Å². The van der Waals surface area contributed by atoms with Crippen LogP contribution in [-0.4, -0.2) is 25.0 Å². The molecule has 0 saturated heterocycles. The van der Waals surface area contributed by atoms with Crippen LogP contribution in [0.5, 0.6) is 0 Å². The van der Waals surface area contributed by atoms with Gasteiger partial charge in [0.2, 0.25) is 0 Å². The van der Waals surface area contributed by atoms with Gasteiger partial charge in [0.05, 0.1) is 6.04 Å². The van der Waals surface area contributed by atoms with Crippen LogP contribution < -0.4 is 5.73 Å². The normalized spacial score (nSPS) is 13.1. The third-order valence-electron chi connectivity index (χ3n) is 2.97. The highest BCUT2D eigenvalue weighted by atomic mass is 79.9. The first-order valence-corrected chi connectivity index (χ1v) is 7.56. The molecular formula is C13H17BrN2OS. The van der Waals surface area contributed by atoms with Gasteiger partial charge in [0.25, 0.3) is 0 Å². The van der Waals surface area contributed by atoms with Crippen molar-refractivity contribution in [2.45, 2.75) is 12.5 Å². The molecule has 0 radical (unpaired) electrons. The van der Waals surface area contributed by atoms with E-state index in [1.54, 1.807) is 11.3 Å². The average molecular weight is 329 g/mol. The number of halogens is 1. The molecule has 2 aromatic heterocycles. The van der Waals surface area contributed by atoms with E-state index in [2.05, 4.69) is 45.4 Å². The summed E-state index contributed by atoms with van der Waals surface area (Å²) in [5.41, 5.74) is 5.85. The number of thiophene rings is 1. The first kappa shape index (κ1) is 13.8. The summed E-state index contributed by atoms with van der Waals surface area (Å²) in [7, 11) is 2.08. The van der Waals surface area contributed by atoms with E-state index in [0.717, 1.165) is 23.4 Å². The highest BCUT2D eigenvalue weighted by Gasteiger charge is 2.18. The van der Waals surface area contributed by atoms with Crippen molar-refractivity contribution in [3.05, 3.63) is 45.0 Å². The van der Waals surface area contributed by atoms with Crippen molar-refractivity contribution in [3.8, 4) is 0 Å². The fourth-order valence-electron chi connectivity index (χ4n) is 1.92. The number of hydrogen-bond acceptors (Lipinski definition) is 4. The predicted octanol–water partition coefficient (Wildman–Crippen LogP) is 3.28. The Labute approximate surface area is 120 Å². The lowest BCUT2D eigenvalue weighted by atomic mass is 10.2. The summed E-state index contributed by atoms with van der Waals surface area (Å²) in [6.07, 6.45) is 1.05. The topological polar surface area (TPSA) is 42.4 Å². The third kappa shape index (κ3) is 3.45. The van der Waals surface area contributed by atoms with Gasteiger partial charge < -0.3 is 10.2 Å². The maximum atomic E-state index is 5.85. The summed E-state index contributed by atoms with van der Waals surface area (Å²) in [6.45, 7) is 1.53. The molecule has 2 aromatic rings. The zero-order chi connectivity index (χ0) is 13.0. The smallest absolute Gasteiger partial charge is 0.169 e. The fourth-order valence-corrected chi connectivity index (χ4v) is 2.94. The molecule has 2 rings (SSSR count). The van der Waals surface area contributed by atoms with E-state index in [4.69, 9.17) is 10.2 Å². The molecule has 1 atom stereocenters. The molecule has 0 aliphatic rings. The highest BCUT2D eigenvalue weighted by Crippen LogP contribution is 2.24. The van der Waals surface area contributed by atoms with Gasteiger partial charge in [-0.3, -0.25) is 4.90 Å². The molecule has 98 valence electrons. The van der Waals surface area contributed by atoms with Gasteiger partial charge in [-0.15, -0.1) is 11.3 Å². The first-order chi connectivity index (χ1) is 8.70. The monoisotopic (exact) mass is 328 g/mol. The van der Waals surface area contributed by atoms with Gasteiger partial charge in [0.15, 0.2) is 4.67 Å². The molecule has 0 saturated carbocycles. The Hall–Kier alpha value is -0.620. The molecule has 2 heterocycles. The van der Waals surface area contributed by atoms with Gasteiger partial charge in [0.1, 0.15) is 5.76 Å². The molecule has 0 aromatic carbocycles. The minimum atomic E-state index is 0.135. The largest absolute Gasteiger partial charge is 0.453 e. The maximum absolute atomic E-state index is 5.85. The van der Waals surface area contributed by atoms with Crippen LogP contribution in [0.2, 0.25) is 0 Å². The number of nitrogens with two attached hydrogens (primary N) is 1. The second-order valence-electron chi connectivity index (χ2n) is 4.20. The van der Waals surface area contributed by atoms with Crippen LogP contribution in [0.25, 0.3) is 0 Å². The number of likely N-dealkylation sites (N-methyl/N-ethyl adjacent to an activating group) is 1. The van der Waals surface area contributed by atoms with Gasteiger partial charge in [-0.05, 0) is 53.0 Å². The molecule has 0 amide bonds. The molecule has 0 spiro atoms. The van der Waals surface area contributed by atoms with Crippen molar-refractivity contribution in [1.29, 1.82) is 0 Å². The highest BCUT2D eigenvalue weighted by molar-refractivity contribution is 9.10. The number of nitrogens with zero attached hydrogens (tertiary/aromatic N) is 1. The van der Waals surface area contributed by atoms with E-state index in [0.29, 0.717) is 6.54 Å². The molecule has 0 fully saturated rings. The quantitative estimate of drug-likeness (QED) is 0.884. The van der Waals surface area contributed by atoms with Gasteiger partial charge in [0, 0.05) is 18.0 Å². The van der Waals surface area contributed by atoms with Crippen molar-refractivity contribution in [3.63, 3.8) is 0 Å². The van der Waals surface area contributed by atoms with E-state index in [1.165, 1.54) is 4.88 Å². The standard InChI is InChI=1S/C13H17BrN2OS/c1-16(7-6-10-3-2-8-18-10)11(9-15)12-4-5-13(14)17-12/h2-5,8,11H,6-7,9,15H2,1H3. The van der Waals surface area contributed by atoms with Gasteiger partial charge in [-0.25, -0.2) is 0 Å². The number of hydrogen-bond donors (Lipinski definition) is 1. The maximum Gasteiger partial charge on any atom is 0.169 e. The third-order valence-corrected chi connectivity index (χ3v) is 4.33. The summed E-state index contributed by atoms with van der Waals surface area (Å²) in [6, 6.07) is 8.27. The summed E-state index contributed by atoms with van der Waals surface area (Å²) in [5, 5.41) is 2.11. The van der Waals surface area contributed by atoms with E-state index in [-0.39, 0.29) is 6.04 Å². The number of furan rings is 1. The Kier molecular flexibility index (Phi) is 5.00. The Morgan fingerprint density at radius 2 is 2.28 bits per heavy atom. The fraction of sp³-hybridized carbons (Fsp3) is 0.385. The van der Waals surface area contributed by atoms with Crippen LogP contribution in [0.15, 0.2) is 38.7 Å². The lowest BCUT2D eigenvalue weighted by molar-refractivity contribution is 0.221. The van der Waals surface area contributed by atoms with Crippen molar-refractivity contribution >= 4 is 27.3 Å². The van der Waals surface area contributed by atoms with E-state index < -0.39 is 0 Å². The summed E-state index contributed by atoms with van der Waals surface area (Å²) in [4.78, 5) is 3.64. The molecular weight excluding hydrogens is 312 g/mol. The van der Waals surface area contributed by atoms with Crippen LogP contribution in [-0.2, 0) is 6.42 Å². The van der Waals surface area contributed by atoms with E-state index in [1.807, 2.05) is 12.1 Å². The van der Waals surface area contributed by atoms with Crippen molar-refractivity contribution < 1.29 is 4.42 Å². The summed E-state index contributed by atoms with van der Waals surface area (Å²) < 4.78 is 6.34. The minimum Gasteiger partial charge on any atom is -0.453 e. The SMILES string of the molecule is CN(CCc1cccs1)C(CN)c1ccc(Br)o1. The number of rotatable bonds is 6. The van der Waals surface area contributed by atoms with Crippen LogP contribution in [0.1, 0.15) is 16.7 Å². The van der Waals surface area contributed by atoms with Crippen molar-refractivity contribution in [1.82, 2.24) is 4.90 Å². The Balaban J connectivity index is 1.95. The van der Waals surface area contributed by atoms with Gasteiger partial charge in [-0.1, -0.05) is 6.07 Å². The zero-order valence-corrected chi connectivity index (χ0v) is 12.7. The molecule has 0 aliphatic carbocycles. The van der Waals surface area contributed by atoms with E-state index in [9.17, 15) is 0 Å². The molecule has 1 unspecified atom stereocenters. The van der Waals surface area contributed by atoms with Crippen LogP contribution in [0, 0.1) is 0 Å². The molecule has 0 bridgehead atoms. The van der Waals surface area contributed by atoms with Crippen LogP contribution in [0.3, 0.4) is 0 Å². The molecule has 5 heteroatoms. The average Bonchev–Trinajstić information content (AvgIpc) is 2.99. The Morgan fingerprint density at radius 3 is 2.83 bits per heavy atom. The minimum absolute atomic E-state index is 0.135. The molecule has 3 nitrogen and oxygen atoms in total. The van der Waals surface area contributed by atoms with Crippen LogP contribution >= 0.6 is 27.3 Å². The Bertz CT molecular complexity index is 469. The second-order valence-corrected chi connectivity index (χ2v) is 6.02. The van der Waals surface area contributed by atoms with Gasteiger partial charge in [-0.2, -0.15) is 0 Å². The molecule has 0 aliphatic heterocycles. The second kappa shape index (κ2) is 6.52. The zero-order valence-electron chi connectivity index (χ0n) is 10.3. The van der Waals surface area contributed by atoms with Crippen LogP contribution in [0.4, 0.5) is 0 Å². The van der Waals surface area contributed by atoms with Crippen molar-refractivity contribution in [2.75, 3.05) is 20.1 Å². The lowest BCUT2D eigenvalue weighted by Crippen LogP contribution is -2.31. The first-order valence-electron chi connectivity index (χ1n) is 5.88. The van der Waals surface area contributed by atoms with Gasteiger partial charge >= 0.3 is 0 Å². The lowest BCUT2D eigenvalue weighted by Gasteiger charge is -2.24.